The van der Waals surface area contributed by atoms with Gasteiger partial charge >= 0.3 is 0 Å². The number of benzene rings is 2. The molecular weight excluding hydrogens is 270 g/mol. The van der Waals surface area contributed by atoms with E-state index in [9.17, 15) is 0 Å². The summed E-state index contributed by atoms with van der Waals surface area (Å²) >= 11 is 6.18. The molecule has 0 bridgehead atoms. The van der Waals surface area contributed by atoms with Crippen molar-refractivity contribution in [1.82, 2.24) is 0 Å². The van der Waals surface area contributed by atoms with Crippen LogP contribution in [0.1, 0.15) is 25.0 Å². The van der Waals surface area contributed by atoms with Crippen LogP contribution in [0.2, 0.25) is 5.02 Å². The zero-order valence-corrected chi connectivity index (χ0v) is 12.9. The molecule has 20 heavy (non-hydrogen) atoms. The zero-order chi connectivity index (χ0) is 14.5. The number of hydrogen-bond donors (Lipinski definition) is 1. The van der Waals surface area contributed by atoms with Gasteiger partial charge < -0.3 is 10.1 Å². The number of aryl methyl sites for hydroxylation is 1. The van der Waals surface area contributed by atoms with Gasteiger partial charge in [-0.1, -0.05) is 29.8 Å². The second kappa shape index (κ2) is 6.67. The van der Waals surface area contributed by atoms with E-state index >= 15 is 0 Å². The second-order valence-corrected chi connectivity index (χ2v) is 5.56. The molecule has 1 N–H and O–H groups in total. The highest BCUT2D eigenvalue weighted by molar-refractivity contribution is 6.33. The summed E-state index contributed by atoms with van der Waals surface area (Å²) in [6.45, 7) is 6.83. The molecule has 2 nitrogen and oxygen atoms in total. The van der Waals surface area contributed by atoms with Crippen molar-refractivity contribution in [2.24, 2.45) is 0 Å². The van der Waals surface area contributed by atoms with Gasteiger partial charge in [0.15, 0.2) is 0 Å². The number of anilines is 1. The van der Waals surface area contributed by atoms with Gasteiger partial charge in [0.25, 0.3) is 0 Å². The fourth-order valence-electron chi connectivity index (χ4n) is 1.97. The third kappa shape index (κ3) is 4.17. The molecule has 0 unspecified atom stereocenters. The van der Waals surface area contributed by atoms with Crippen LogP contribution >= 0.6 is 11.6 Å². The Morgan fingerprint density at radius 2 is 1.95 bits per heavy atom. The molecule has 0 saturated carbocycles. The van der Waals surface area contributed by atoms with E-state index in [1.54, 1.807) is 0 Å². The van der Waals surface area contributed by atoms with E-state index in [1.807, 2.05) is 38.1 Å². The number of ether oxygens (including phenoxy) is 1. The lowest BCUT2D eigenvalue weighted by molar-refractivity contribution is 0.242. The van der Waals surface area contributed by atoms with Crippen molar-refractivity contribution in [2.75, 3.05) is 5.32 Å². The SMILES string of the molecule is Cc1ccc(Cl)c(NCc2cccc(OC(C)C)c2)c1. The van der Waals surface area contributed by atoms with Gasteiger partial charge in [0, 0.05) is 6.54 Å². The van der Waals surface area contributed by atoms with Gasteiger partial charge in [-0.25, -0.2) is 0 Å². The summed E-state index contributed by atoms with van der Waals surface area (Å²) in [5.41, 5.74) is 3.32. The summed E-state index contributed by atoms with van der Waals surface area (Å²) in [6, 6.07) is 14.1. The van der Waals surface area contributed by atoms with E-state index in [4.69, 9.17) is 16.3 Å². The Morgan fingerprint density at radius 1 is 1.15 bits per heavy atom. The van der Waals surface area contributed by atoms with E-state index in [2.05, 4.69) is 30.4 Å². The Morgan fingerprint density at radius 3 is 2.70 bits per heavy atom. The molecule has 2 aromatic carbocycles. The predicted molar refractivity (Wildman–Crippen MR) is 85.7 cm³/mol. The molecule has 0 aliphatic rings. The van der Waals surface area contributed by atoms with Crippen LogP contribution in [0.15, 0.2) is 42.5 Å². The van der Waals surface area contributed by atoms with Crippen molar-refractivity contribution in [2.45, 2.75) is 33.4 Å². The van der Waals surface area contributed by atoms with Crippen molar-refractivity contribution in [3.05, 3.63) is 58.6 Å². The molecule has 0 spiro atoms. The Bertz CT molecular complexity index is 581. The van der Waals surface area contributed by atoms with Gasteiger partial charge in [0.05, 0.1) is 16.8 Å². The van der Waals surface area contributed by atoms with E-state index in [-0.39, 0.29) is 6.10 Å². The fraction of sp³-hybridized carbons (Fsp3) is 0.294. The van der Waals surface area contributed by atoms with Crippen molar-refractivity contribution >= 4 is 17.3 Å². The predicted octanol–water partition coefficient (Wildman–Crippen LogP) is 5.05. The van der Waals surface area contributed by atoms with Crippen molar-refractivity contribution in [1.29, 1.82) is 0 Å². The van der Waals surface area contributed by atoms with Crippen LogP contribution in [0, 0.1) is 6.92 Å². The summed E-state index contributed by atoms with van der Waals surface area (Å²) in [6.07, 6.45) is 0.185. The number of halogens is 1. The van der Waals surface area contributed by atoms with E-state index in [1.165, 1.54) is 11.1 Å². The molecule has 0 amide bonds. The lowest BCUT2D eigenvalue weighted by Crippen LogP contribution is -2.06. The first-order valence-corrected chi connectivity index (χ1v) is 7.18. The van der Waals surface area contributed by atoms with Gasteiger partial charge in [-0.15, -0.1) is 0 Å². The van der Waals surface area contributed by atoms with Crippen molar-refractivity contribution in [3.63, 3.8) is 0 Å². The molecule has 3 heteroatoms. The highest BCUT2D eigenvalue weighted by atomic mass is 35.5. The van der Waals surface area contributed by atoms with Gasteiger partial charge in [-0.05, 0) is 56.2 Å². The topological polar surface area (TPSA) is 21.3 Å². The molecule has 0 aliphatic heterocycles. The molecule has 0 atom stereocenters. The van der Waals surface area contributed by atoms with Gasteiger partial charge in [-0.2, -0.15) is 0 Å². The normalized spacial score (nSPS) is 10.7. The third-order valence-corrected chi connectivity index (χ3v) is 3.20. The molecule has 0 saturated heterocycles. The Kier molecular flexibility index (Phi) is 4.91. The molecule has 106 valence electrons. The molecule has 0 fully saturated rings. The summed E-state index contributed by atoms with van der Waals surface area (Å²) in [4.78, 5) is 0. The van der Waals surface area contributed by atoms with Crippen LogP contribution in [0.3, 0.4) is 0 Å². The first kappa shape index (κ1) is 14.7. The molecular formula is C17H20ClNO. The van der Waals surface area contributed by atoms with Gasteiger partial charge in [-0.3, -0.25) is 0 Å². The van der Waals surface area contributed by atoms with Crippen LogP contribution in [0.4, 0.5) is 5.69 Å². The molecule has 0 heterocycles. The van der Waals surface area contributed by atoms with Crippen LogP contribution in [-0.4, -0.2) is 6.10 Å². The molecule has 2 rings (SSSR count). The van der Waals surface area contributed by atoms with Crippen LogP contribution in [0.25, 0.3) is 0 Å². The summed E-state index contributed by atoms with van der Waals surface area (Å²) in [5.74, 6) is 0.898. The highest BCUT2D eigenvalue weighted by Crippen LogP contribution is 2.24. The maximum Gasteiger partial charge on any atom is 0.120 e. The van der Waals surface area contributed by atoms with Crippen LogP contribution in [0.5, 0.6) is 5.75 Å². The first-order chi connectivity index (χ1) is 9.54. The fourth-order valence-corrected chi connectivity index (χ4v) is 2.16. The lowest BCUT2D eigenvalue weighted by atomic mass is 10.2. The maximum absolute atomic E-state index is 6.18. The van der Waals surface area contributed by atoms with E-state index in [0.717, 1.165) is 23.0 Å². The average molecular weight is 290 g/mol. The highest BCUT2D eigenvalue weighted by Gasteiger charge is 2.02. The van der Waals surface area contributed by atoms with E-state index in [0.29, 0.717) is 0 Å². The maximum atomic E-state index is 6.18. The summed E-state index contributed by atoms with van der Waals surface area (Å²) in [7, 11) is 0. The molecule has 2 aromatic rings. The number of hydrogen-bond acceptors (Lipinski definition) is 2. The van der Waals surface area contributed by atoms with Crippen molar-refractivity contribution < 1.29 is 4.74 Å². The minimum atomic E-state index is 0.185. The third-order valence-electron chi connectivity index (χ3n) is 2.88. The smallest absolute Gasteiger partial charge is 0.120 e. The van der Waals surface area contributed by atoms with Crippen LogP contribution < -0.4 is 10.1 Å². The molecule has 0 radical (unpaired) electrons. The van der Waals surface area contributed by atoms with Crippen molar-refractivity contribution in [3.8, 4) is 5.75 Å². The Balaban J connectivity index is 2.05. The summed E-state index contributed by atoms with van der Waals surface area (Å²) < 4.78 is 5.70. The monoisotopic (exact) mass is 289 g/mol. The van der Waals surface area contributed by atoms with Gasteiger partial charge in [0.2, 0.25) is 0 Å². The second-order valence-electron chi connectivity index (χ2n) is 5.15. The average Bonchev–Trinajstić information content (AvgIpc) is 2.39. The minimum absolute atomic E-state index is 0.185. The Hall–Kier alpha value is -1.67. The summed E-state index contributed by atoms with van der Waals surface area (Å²) in [5, 5.41) is 4.10. The largest absolute Gasteiger partial charge is 0.491 e. The molecule has 0 aliphatic carbocycles. The van der Waals surface area contributed by atoms with Gasteiger partial charge in [0.1, 0.15) is 5.75 Å². The number of nitrogens with one attached hydrogen (secondary N) is 1. The zero-order valence-electron chi connectivity index (χ0n) is 12.1. The standard InChI is InChI=1S/C17H20ClNO/c1-12(2)20-15-6-4-5-14(10-15)11-19-17-9-13(3)7-8-16(17)18/h4-10,12,19H,11H2,1-3H3. The minimum Gasteiger partial charge on any atom is -0.491 e. The van der Waals surface area contributed by atoms with Crippen LogP contribution in [-0.2, 0) is 6.54 Å². The molecule has 0 aromatic heterocycles. The first-order valence-electron chi connectivity index (χ1n) is 6.80. The van der Waals surface area contributed by atoms with E-state index < -0.39 is 0 Å². The lowest BCUT2D eigenvalue weighted by Gasteiger charge is -2.12. The quantitative estimate of drug-likeness (QED) is 0.832. The number of rotatable bonds is 5. The Labute approximate surface area is 125 Å².